The molecular weight excluding hydrogens is 418 g/mol. The molecule has 4 nitrogen and oxygen atoms in total. The zero-order valence-electron chi connectivity index (χ0n) is 17.7. The molecule has 1 saturated heterocycles. The van der Waals surface area contributed by atoms with Crippen molar-refractivity contribution in [3.63, 3.8) is 0 Å². The highest BCUT2D eigenvalue weighted by Crippen LogP contribution is 2.30. The van der Waals surface area contributed by atoms with Gasteiger partial charge in [0, 0.05) is 48.7 Å². The summed E-state index contributed by atoms with van der Waals surface area (Å²) in [5.74, 6) is 0.0521. The number of rotatable bonds is 4. The standard InChI is InChI=1S/C27H24ClN3O/c28-24-12-6-4-11-22(24)26-18-23(21-10-5-7-13-25(21)29-26)27(32)31-16-14-30(15-17-31)19-20-8-2-1-3-9-20/h1-13,18H,14-17,19H2. The van der Waals surface area contributed by atoms with E-state index in [-0.39, 0.29) is 5.91 Å². The van der Waals surface area contributed by atoms with Gasteiger partial charge < -0.3 is 4.90 Å². The summed E-state index contributed by atoms with van der Waals surface area (Å²) in [6.07, 6.45) is 0. The van der Waals surface area contributed by atoms with Crippen molar-refractivity contribution in [2.24, 2.45) is 0 Å². The molecule has 1 aliphatic heterocycles. The molecule has 160 valence electrons. The first-order valence-corrected chi connectivity index (χ1v) is 11.3. The summed E-state index contributed by atoms with van der Waals surface area (Å²) >= 11 is 6.43. The number of carbonyl (C=O) groups is 1. The molecule has 5 heteroatoms. The van der Waals surface area contributed by atoms with E-state index >= 15 is 0 Å². The van der Waals surface area contributed by atoms with Gasteiger partial charge >= 0.3 is 0 Å². The van der Waals surface area contributed by atoms with Crippen LogP contribution in [0.15, 0.2) is 84.9 Å². The summed E-state index contributed by atoms with van der Waals surface area (Å²) in [4.78, 5) is 22.7. The van der Waals surface area contributed by atoms with Gasteiger partial charge in [-0.05, 0) is 23.8 Å². The largest absolute Gasteiger partial charge is 0.336 e. The molecule has 4 aromatic rings. The molecule has 0 N–H and O–H groups in total. The van der Waals surface area contributed by atoms with Crippen LogP contribution < -0.4 is 0 Å². The van der Waals surface area contributed by atoms with Crippen molar-refractivity contribution in [1.82, 2.24) is 14.8 Å². The highest BCUT2D eigenvalue weighted by atomic mass is 35.5. The Labute approximate surface area is 193 Å². The van der Waals surface area contributed by atoms with E-state index in [4.69, 9.17) is 16.6 Å². The fourth-order valence-electron chi connectivity index (χ4n) is 4.28. The number of amides is 1. The highest BCUT2D eigenvalue weighted by Gasteiger charge is 2.24. The Morgan fingerprint density at radius 3 is 2.31 bits per heavy atom. The lowest BCUT2D eigenvalue weighted by Crippen LogP contribution is -2.48. The first kappa shape index (κ1) is 20.7. The van der Waals surface area contributed by atoms with Crippen molar-refractivity contribution in [2.75, 3.05) is 26.2 Å². The molecule has 1 aliphatic rings. The minimum atomic E-state index is 0.0521. The molecule has 0 bridgehead atoms. The number of carbonyl (C=O) groups excluding carboxylic acids is 1. The third-order valence-corrected chi connectivity index (χ3v) is 6.33. The minimum absolute atomic E-state index is 0.0521. The number of pyridine rings is 1. The topological polar surface area (TPSA) is 36.4 Å². The van der Waals surface area contributed by atoms with E-state index < -0.39 is 0 Å². The maximum atomic E-state index is 13.6. The Kier molecular flexibility index (Phi) is 5.89. The van der Waals surface area contributed by atoms with Crippen molar-refractivity contribution < 1.29 is 4.79 Å². The van der Waals surface area contributed by atoms with Crippen LogP contribution in [0.5, 0.6) is 0 Å². The summed E-state index contributed by atoms with van der Waals surface area (Å²) in [6.45, 7) is 4.06. The van der Waals surface area contributed by atoms with Gasteiger partial charge in [-0.2, -0.15) is 0 Å². The van der Waals surface area contributed by atoms with E-state index in [9.17, 15) is 4.79 Å². The van der Waals surface area contributed by atoms with Crippen LogP contribution in [0, 0.1) is 0 Å². The van der Waals surface area contributed by atoms with Crippen molar-refractivity contribution in [2.45, 2.75) is 6.54 Å². The van der Waals surface area contributed by atoms with Crippen LogP contribution in [0.1, 0.15) is 15.9 Å². The van der Waals surface area contributed by atoms with Gasteiger partial charge in [0.1, 0.15) is 0 Å². The molecule has 0 radical (unpaired) electrons. The lowest BCUT2D eigenvalue weighted by molar-refractivity contribution is 0.0630. The number of fused-ring (bicyclic) bond motifs is 1. The van der Waals surface area contributed by atoms with Gasteiger partial charge in [-0.15, -0.1) is 0 Å². The number of hydrogen-bond acceptors (Lipinski definition) is 3. The molecule has 0 aliphatic carbocycles. The third kappa shape index (κ3) is 4.24. The molecule has 1 fully saturated rings. The van der Waals surface area contributed by atoms with Crippen LogP contribution in [0.3, 0.4) is 0 Å². The van der Waals surface area contributed by atoms with Crippen LogP contribution >= 0.6 is 11.6 Å². The summed E-state index contributed by atoms with van der Waals surface area (Å²) < 4.78 is 0. The maximum absolute atomic E-state index is 13.6. The predicted octanol–water partition coefficient (Wildman–Crippen LogP) is 5.51. The van der Waals surface area contributed by atoms with Crippen LogP contribution in [-0.4, -0.2) is 46.9 Å². The lowest BCUT2D eigenvalue weighted by atomic mass is 10.0. The molecule has 5 rings (SSSR count). The van der Waals surface area contributed by atoms with Gasteiger partial charge in [0.05, 0.1) is 16.8 Å². The number of nitrogens with zero attached hydrogens (tertiary/aromatic N) is 3. The van der Waals surface area contributed by atoms with Gasteiger partial charge in [-0.1, -0.05) is 78.3 Å². The number of para-hydroxylation sites is 1. The van der Waals surface area contributed by atoms with Crippen molar-refractivity contribution in [1.29, 1.82) is 0 Å². The Morgan fingerprint density at radius 2 is 1.53 bits per heavy atom. The summed E-state index contributed by atoms with van der Waals surface area (Å²) in [7, 11) is 0. The Bertz CT molecular complexity index is 1250. The highest BCUT2D eigenvalue weighted by molar-refractivity contribution is 6.33. The van der Waals surface area contributed by atoms with Gasteiger partial charge in [-0.25, -0.2) is 4.98 Å². The molecule has 0 spiro atoms. The van der Waals surface area contributed by atoms with Crippen LogP contribution in [0.25, 0.3) is 22.2 Å². The van der Waals surface area contributed by atoms with Crippen molar-refractivity contribution in [3.8, 4) is 11.3 Å². The van der Waals surface area contributed by atoms with Crippen LogP contribution in [-0.2, 0) is 6.54 Å². The van der Waals surface area contributed by atoms with Crippen molar-refractivity contribution in [3.05, 3.63) is 101 Å². The second kappa shape index (κ2) is 9.11. The number of hydrogen-bond donors (Lipinski definition) is 0. The molecule has 0 unspecified atom stereocenters. The predicted molar refractivity (Wildman–Crippen MR) is 130 cm³/mol. The number of halogens is 1. The lowest BCUT2D eigenvalue weighted by Gasteiger charge is -2.35. The Balaban J connectivity index is 1.40. The van der Waals surface area contributed by atoms with Gasteiger partial charge in [0.15, 0.2) is 0 Å². The third-order valence-electron chi connectivity index (χ3n) is 6.00. The van der Waals surface area contributed by atoms with E-state index in [1.54, 1.807) is 0 Å². The molecule has 0 atom stereocenters. The zero-order chi connectivity index (χ0) is 21.9. The van der Waals surface area contributed by atoms with E-state index in [0.717, 1.165) is 41.8 Å². The fraction of sp³-hybridized carbons (Fsp3) is 0.185. The molecule has 1 amide bonds. The molecule has 2 heterocycles. The minimum Gasteiger partial charge on any atom is -0.336 e. The molecule has 1 aromatic heterocycles. The van der Waals surface area contributed by atoms with E-state index in [1.807, 2.05) is 65.6 Å². The summed E-state index contributed by atoms with van der Waals surface area (Å²) in [5.41, 5.74) is 4.34. The summed E-state index contributed by atoms with van der Waals surface area (Å²) in [6, 6.07) is 27.8. The average molecular weight is 442 g/mol. The van der Waals surface area contributed by atoms with Gasteiger partial charge in [0.25, 0.3) is 5.91 Å². The van der Waals surface area contributed by atoms with Gasteiger partial charge in [0.2, 0.25) is 0 Å². The Hall–Kier alpha value is -3.21. The molecular formula is C27H24ClN3O. The average Bonchev–Trinajstić information content (AvgIpc) is 2.84. The summed E-state index contributed by atoms with van der Waals surface area (Å²) in [5, 5.41) is 1.50. The van der Waals surface area contributed by atoms with Crippen LogP contribution in [0.2, 0.25) is 5.02 Å². The van der Waals surface area contributed by atoms with Gasteiger partial charge in [-0.3, -0.25) is 9.69 Å². The SMILES string of the molecule is O=C(c1cc(-c2ccccc2Cl)nc2ccccc12)N1CCN(Cc2ccccc2)CC1. The Morgan fingerprint density at radius 1 is 0.844 bits per heavy atom. The van der Waals surface area contributed by atoms with E-state index in [2.05, 4.69) is 29.2 Å². The van der Waals surface area contributed by atoms with Crippen LogP contribution in [0.4, 0.5) is 0 Å². The zero-order valence-corrected chi connectivity index (χ0v) is 18.5. The normalized spacial score (nSPS) is 14.6. The molecule has 3 aromatic carbocycles. The number of aromatic nitrogens is 1. The quantitative estimate of drug-likeness (QED) is 0.418. The fourth-order valence-corrected chi connectivity index (χ4v) is 4.51. The number of benzene rings is 3. The van der Waals surface area contributed by atoms with E-state index in [1.165, 1.54) is 5.56 Å². The van der Waals surface area contributed by atoms with E-state index in [0.29, 0.717) is 23.7 Å². The first-order chi connectivity index (χ1) is 15.7. The first-order valence-electron chi connectivity index (χ1n) is 10.9. The number of piperazine rings is 1. The smallest absolute Gasteiger partial charge is 0.254 e. The monoisotopic (exact) mass is 441 g/mol. The molecule has 0 saturated carbocycles. The molecule has 32 heavy (non-hydrogen) atoms. The second-order valence-electron chi connectivity index (χ2n) is 8.11. The van der Waals surface area contributed by atoms with Crippen molar-refractivity contribution >= 4 is 28.4 Å². The maximum Gasteiger partial charge on any atom is 0.254 e. The second-order valence-corrected chi connectivity index (χ2v) is 8.51.